The van der Waals surface area contributed by atoms with E-state index in [1.54, 1.807) is 11.8 Å². The van der Waals surface area contributed by atoms with Gasteiger partial charge in [0.05, 0.1) is 11.6 Å². The first-order chi connectivity index (χ1) is 11.8. The van der Waals surface area contributed by atoms with Crippen molar-refractivity contribution in [2.24, 2.45) is 0 Å². The summed E-state index contributed by atoms with van der Waals surface area (Å²) in [4.78, 5) is 27.6. The van der Waals surface area contributed by atoms with Gasteiger partial charge in [0.1, 0.15) is 0 Å². The van der Waals surface area contributed by atoms with Crippen molar-refractivity contribution >= 4 is 17.6 Å². The van der Waals surface area contributed by atoms with Gasteiger partial charge in [-0.3, -0.25) is 4.79 Å². The van der Waals surface area contributed by atoms with E-state index in [1.165, 1.54) is 6.07 Å². The first kappa shape index (κ1) is 17.6. The summed E-state index contributed by atoms with van der Waals surface area (Å²) < 4.78 is 38.5. The van der Waals surface area contributed by atoms with Gasteiger partial charge in [-0.25, -0.2) is 4.79 Å². The van der Waals surface area contributed by atoms with Gasteiger partial charge in [0.2, 0.25) is 5.91 Å². The second kappa shape index (κ2) is 6.57. The van der Waals surface area contributed by atoms with Crippen LogP contribution in [0.3, 0.4) is 0 Å². The van der Waals surface area contributed by atoms with Crippen LogP contribution in [0.15, 0.2) is 18.2 Å². The number of benzene rings is 1. The number of hydrogen-bond donors (Lipinski definition) is 1. The number of halogens is 3. The monoisotopic (exact) mass is 355 g/mol. The van der Waals surface area contributed by atoms with Crippen LogP contribution in [0.2, 0.25) is 0 Å². The molecule has 136 valence electrons. The number of hydrogen-bond acceptors (Lipinski definition) is 2. The molecule has 2 aliphatic rings. The summed E-state index contributed by atoms with van der Waals surface area (Å²) in [5.74, 6) is 0.112. The molecule has 0 aromatic heterocycles. The fourth-order valence-electron chi connectivity index (χ4n) is 3.36. The third-order valence-electron chi connectivity index (χ3n) is 4.81. The van der Waals surface area contributed by atoms with E-state index in [0.717, 1.165) is 18.6 Å². The molecule has 5 nitrogen and oxygen atoms in total. The standard InChI is InChI=1S/C17H20F3N3O2/c1-11-4-5-12(17(18,19)20)9-14(11)21-16(25)22-8-6-13(10-22)23-7-2-3-15(23)24/h4-5,9,13H,2-3,6-8,10H2,1H3,(H,21,25). The Balaban J connectivity index is 1.66. The van der Waals surface area contributed by atoms with Gasteiger partial charge in [0, 0.05) is 31.7 Å². The normalized spacial score (nSPS) is 21.1. The molecule has 2 aliphatic heterocycles. The predicted octanol–water partition coefficient (Wildman–Crippen LogP) is 3.24. The van der Waals surface area contributed by atoms with Crippen LogP contribution in [0, 0.1) is 6.92 Å². The van der Waals surface area contributed by atoms with Gasteiger partial charge in [-0.15, -0.1) is 0 Å². The molecule has 25 heavy (non-hydrogen) atoms. The Labute approximate surface area is 143 Å². The molecule has 1 unspecified atom stereocenters. The number of urea groups is 1. The van der Waals surface area contributed by atoms with Crippen molar-refractivity contribution in [3.63, 3.8) is 0 Å². The van der Waals surface area contributed by atoms with Crippen LogP contribution in [-0.2, 0) is 11.0 Å². The minimum atomic E-state index is -4.46. The largest absolute Gasteiger partial charge is 0.416 e. The third-order valence-corrected chi connectivity index (χ3v) is 4.81. The van der Waals surface area contributed by atoms with Crippen molar-refractivity contribution in [1.29, 1.82) is 0 Å². The van der Waals surface area contributed by atoms with E-state index in [9.17, 15) is 22.8 Å². The molecular formula is C17H20F3N3O2. The molecule has 2 fully saturated rings. The van der Waals surface area contributed by atoms with Gasteiger partial charge < -0.3 is 15.1 Å². The number of nitrogens with one attached hydrogen (secondary N) is 1. The lowest BCUT2D eigenvalue weighted by atomic mass is 10.1. The Morgan fingerprint density at radius 3 is 2.68 bits per heavy atom. The molecule has 3 rings (SSSR count). The quantitative estimate of drug-likeness (QED) is 0.885. The maximum absolute atomic E-state index is 12.8. The van der Waals surface area contributed by atoms with Gasteiger partial charge in [0.15, 0.2) is 0 Å². The SMILES string of the molecule is Cc1ccc(C(F)(F)F)cc1NC(=O)N1CCC(N2CCCC2=O)C1. The zero-order valence-corrected chi connectivity index (χ0v) is 13.9. The number of likely N-dealkylation sites (tertiary alicyclic amines) is 2. The highest BCUT2D eigenvalue weighted by molar-refractivity contribution is 5.90. The minimum Gasteiger partial charge on any atom is -0.338 e. The van der Waals surface area contributed by atoms with Crippen molar-refractivity contribution in [2.75, 3.05) is 25.0 Å². The highest BCUT2D eigenvalue weighted by Gasteiger charge is 2.35. The molecule has 0 aliphatic carbocycles. The fraction of sp³-hybridized carbons (Fsp3) is 0.529. The fourth-order valence-corrected chi connectivity index (χ4v) is 3.36. The number of carbonyl (C=O) groups is 2. The third kappa shape index (κ3) is 3.72. The molecule has 1 aromatic rings. The van der Waals surface area contributed by atoms with E-state index in [2.05, 4.69) is 5.32 Å². The van der Waals surface area contributed by atoms with Crippen LogP contribution in [0.4, 0.5) is 23.7 Å². The lowest BCUT2D eigenvalue weighted by molar-refractivity contribution is -0.137. The first-order valence-electron chi connectivity index (χ1n) is 8.29. The summed E-state index contributed by atoms with van der Waals surface area (Å²) >= 11 is 0. The second-order valence-corrected chi connectivity index (χ2v) is 6.54. The van der Waals surface area contributed by atoms with Gasteiger partial charge in [0.25, 0.3) is 0 Å². The number of anilines is 1. The average Bonchev–Trinajstić information content (AvgIpc) is 3.16. The van der Waals surface area contributed by atoms with Crippen molar-refractivity contribution < 1.29 is 22.8 Å². The summed E-state index contributed by atoms with van der Waals surface area (Å²) in [5, 5.41) is 2.57. The maximum atomic E-state index is 12.8. The Morgan fingerprint density at radius 2 is 2.04 bits per heavy atom. The van der Waals surface area contributed by atoms with E-state index < -0.39 is 17.8 Å². The smallest absolute Gasteiger partial charge is 0.338 e. The van der Waals surface area contributed by atoms with Crippen molar-refractivity contribution in [3.05, 3.63) is 29.3 Å². The highest BCUT2D eigenvalue weighted by atomic mass is 19.4. The molecular weight excluding hydrogens is 335 g/mol. The molecule has 3 amide bonds. The molecule has 1 atom stereocenters. The number of rotatable bonds is 2. The van der Waals surface area contributed by atoms with E-state index in [1.807, 2.05) is 4.90 Å². The summed E-state index contributed by atoms with van der Waals surface area (Å²) in [6.07, 6.45) is -2.38. The Hall–Kier alpha value is -2.25. The summed E-state index contributed by atoms with van der Waals surface area (Å²) in [5.41, 5.74) is -0.0808. The second-order valence-electron chi connectivity index (χ2n) is 6.54. The van der Waals surface area contributed by atoms with Gasteiger partial charge >= 0.3 is 12.2 Å². The summed E-state index contributed by atoms with van der Waals surface area (Å²) in [6.45, 7) is 3.25. The van der Waals surface area contributed by atoms with Crippen molar-refractivity contribution in [2.45, 2.75) is 38.4 Å². The number of nitrogens with zero attached hydrogens (tertiary/aromatic N) is 2. The molecule has 2 saturated heterocycles. The molecule has 2 heterocycles. The minimum absolute atomic E-state index is 0.00311. The van der Waals surface area contributed by atoms with Crippen LogP contribution in [-0.4, -0.2) is 47.4 Å². The first-order valence-corrected chi connectivity index (χ1v) is 8.29. The maximum Gasteiger partial charge on any atom is 0.416 e. The van der Waals surface area contributed by atoms with Crippen LogP contribution >= 0.6 is 0 Å². The lowest BCUT2D eigenvalue weighted by Gasteiger charge is -2.24. The lowest BCUT2D eigenvalue weighted by Crippen LogP contribution is -2.40. The number of aryl methyl sites for hydroxylation is 1. The Kier molecular flexibility index (Phi) is 4.62. The topological polar surface area (TPSA) is 52.7 Å². The van der Waals surface area contributed by atoms with Crippen LogP contribution < -0.4 is 5.32 Å². The molecule has 0 radical (unpaired) electrons. The van der Waals surface area contributed by atoms with Crippen LogP contribution in [0.1, 0.15) is 30.4 Å². The van der Waals surface area contributed by atoms with E-state index in [4.69, 9.17) is 0 Å². The predicted molar refractivity (Wildman–Crippen MR) is 86.1 cm³/mol. The van der Waals surface area contributed by atoms with Gasteiger partial charge in [-0.05, 0) is 37.5 Å². The molecule has 0 saturated carbocycles. The molecule has 0 spiro atoms. The van der Waals surface area contributed by atoms with Gasteiger partial charge in [-0.1, -0.05) is 6.07 Å². The Bertz CT molecular complexity index is 690. The summed E-state index contributed by atoms with van der Waals surface area (Å²) in [6, 6.07) is 2.86. The van der Waals surface area contributed by atoms with Crippen molar-refractivity contribution in [3.8, 4) is 0 Å². The van der Waals surface area contributed by atoms with Crippen LogP contribution in [0.25, 0.3) is 0 Å². The van der Waals surface area contributed by atoms with Crippen molar-refractivity contribution in [1.82, 2.24) is 9.80 Å². The summed E-state index contributed by atoms with van der Waals surface area (Å²) in [7, 11) is 0. The average molecular weight is 355 g/mol. The molecule has 1 aromatic carbocycles. The number of alkyl halides is 3. The highest BCUT2D eigenvalue weighted by Crippen LogP contribution is 2.32. The molecule has 1 N–H and O–H groups in total. The van der Waals surface area contributed by atoms with Gasteiger partial charge in [-0.2, -0.15) is 13.2 Å². The zero-order valence-electron chi connectivity index (χ0n) is 13.9. The zero-order chi connectivity index (χ0) is 18.2. The number of carbonyl (C=O) groups excluding carboxylic acids is 2. The van der Waals surface area contributed by atoms with E-state index in [-0.39, 0.29) is 17.6 Å². The number of amides is 3. The Morgan fingerprint density at radius 1 is 1.28 bits per heavy atom. The molecule has 8 heteroatoms. The van der Waals surface area contributed by atoms with Crippen LogP contribution in [0.5, 0.6) is 0 Å². The van der Waals surface area contributed by atoms with E-state index in [0.29, 0.717) is 38.0 Å². The van der Waals surface area contributed by atoms with E-state index >= 15 is 0 Å². The molecule has 0 bridgehead atoms.